The number of fused-ring (bicyclic) bond motifs is 1. The lowest BCUT2D eigenvalue weighted by molar-refractivity contribution is -0.126. The molecule has 5 rings (SSSR count). The lowest BCUT2D eigenvalue weighted by Crippen LogP contribution is -2.44. The third kappa shape index (κ3) is 4.23. The average molecular weight is 432 g/mol. The van der Waals surface area contributed by atoms with Gasteiger partial charge in [-0.15, -0.1) is 0 Å². The van der Waals surface area contributed by atoms with Crippen LogP contribution >= 0.6 is 0 Å². The van der Waals surface area contributed by atoms with Crippen LogP contribution in [0.15, 0.2) is 36.7 Å². The summed E-state index contributed by atoms with van der Waals surface area (Å²) in [5.41, 5.74) is 5.66. The second-order valence-corrected chi connectivity index (χ2v) is 9.51. The minimum Gasteiger partial charge on any atom is -0.355 e. The van der Waals surface area contributed by atoms with Crippen molar-refractivity contribution in [2.24, 2.45) is 5.92 Å². The number of rotatable bonds is 4. The molecule has 1 aliphatic heterocycles. The van der Waals surface area contributed by atoms with Gasteiger partial charge in [0, 0.05) is 43.0 Å². The number of hydrogen-bond acceptors (Lipinski definition) is 4. The Bertz CT molecular complexity index is 1110. The van der Waals surface area contributed by atoms with E-state index in [1.54, 1.807) is 0 Å². The Labute approximate surface area is 190 Å². The van der Waals surface area contributed by atoms with Crippen molar-refractivity contribution in [3.8, 4) is 11.3 Å². The summed E-state index contributed by atoms with van der Waals surface area (Å²) in [7, 11) is 0. The zero-order valence-electron chi connectivity index (χ0n) is 19.2. The Balaban J connectivity index is 1.29. The Morgan fingerprint density at radius 1 is 1.00 bits per heavy atom. The topological polar surface area (TPSA) is 62.5 Å². The van der Waals surface area contributed by atoms with Crippen molar-refractivity contribution in [3.05, 3.63) is 47.8 Å². The van der Waals surface area contributed by atoms with E-state index in [2.05, 4.69) is 48.3 Å². The van der Waals surface area contributed by atoms with Gasteiger partial charge in [-0.05, 0) is 62.8 Å². The van der Waals surface area contributed by atoms with Gasteiger partial charge in [0.15, 0.2) is 5.82 Å². The quantitative estimate of drug-likeness (QED) is 0.652. The average Bonchev–Trinajstić information content (AvgIpc) is 3.26. The number of nitrogens with one attached hydrogen (secondary N) is 1. The van der Waals surface area contributed by atoms with E-state index < -0.39 is 0 Å². The van der Waals surface area contributed by atoms with Crippen molar-refractivity contribution in [1.82, 2.24) is 19.9 Å². The number of carbonyl (C=O) groups excluding carboxylic acids is 1. The molecular formula is C26H33N5O. The largest absolute Gasteiger partial charge is 0.355 e. The first-order chi connectivity index (χ1) is 15.6. The zero-order valence-corrected chi connectivity index (χ0v) is 19.2. The number of aromatic nitrogens is 3. The molecule has 1 saturated carbocycles. The number of nitrogens with zero attached hydrogens (tertiary/aromatic N) is 4. The van der Waals surface area contributed by atoms with Gasteiger partial charge in [0.2, 0.25) is 5.91 Å². The minimum atomic E-state index is 0.115. The van der Waals surface area contributed by atoms with E-state index in [-0.39, 0.29) is 11.8 Å². The highest BCUT2D eigenvalue weighted by molar-refractivity contribution is 5.80. The molecule has 6 heteroatoms. The third-order valence-corrected chi connectivity index (χ3v) is 7.29. The highest BCUT2D eigenvalue weighted by Crippen LogP contribution is 2.29. The van der Waals surface area contributed by atoms with Gasteiger partial charge in [-0.3, -0.25) is 4.79 Å². The number of amides is 1. The molecule has 3 heterocycles. The summed E-state index contributed by atoms with van der Waals surface area (Å²) in [5, 5.41) is 8.12. The SMILES string of the molecule is Cc1ccc(-c2cc3c(N4CCC(C(=O)NC5CCCCC5)CC4)nccn3n2)cc1C. The Kier molecular flexibility index (Phi) is 5.85. The molecular weight excluding hydrogens is 398 g/mol. The molecule has 1 aromatic carbocycles. The maximum Gasteiger partial charge on any atom is 0.223 e. The molecule has 168 valence electrons. The predicted octanol–water partition coefficient (Wildman–Crippen LogP) is 4.68. The number of benzene rings is 1. The minimum absolute atomic E-state index is 0.115. The number of anilines is 1. The lowest BCUT2D eigenvalue weighted by Gasteiger charge is -2.33. The van der Waals surface area contributed by atoms with Crippen LogP contribution in [0.25, 0.3) is 16.8 Å². The molecule has 0 radical (unpaired) electrons. The van der Waals surface area contributed by atoms with E-state index >= 15 is 0 Å². The smallest absolute Gasteiger partial charge is 0.223 e. The van der Waals surface area contributed by atoms with Gasteiger partial charge >= 0.3 is 0 Å². The fraction of sp³-hybridized carbons (Fsp3) is 0.500. The van der Waals surface area contributed by atoms with Crippen molar-refractivity contribution >= 4 is 17.2 Å². The van der Waals surface area contributed by atoms with E-state index in [0.29, 0.717) is 6.04 Å². The number of hydrogen-bond donors (Lipinski definition) is 1. The fourth-order valence-corrected chi connectivity index (χ4v) is 5.11. The maximum absolute atomic E-state index is 12.8. The number of carbonyl (C=O) groups is 1. The second kappa shape index (κ2) is 8.93. The number of piperidine rings is 1. The van der Waals surface area contributed by atoms with Crippen molar-refractivity contribution in [2.75, 3.05) is 18.0 Å². The molecule has 1 N–H and O–H groups in total. The van der Waals surface area contributed by atoms with Crippen LogP contribution in [-0.4, -0.2) is 39.6 Å². The van der Waals surface area contributed by atoms with E-state index in [0.717, 1.165) is 61.4 Å². The van der Waals surface area contributed by atoms with Crippen LogP contribution in [0.4, 0.5) is 5.82 Å². The van der Waals surface area contributed by atoms with Crippen LogP contribution in [-0.2, 0) is 4.79 Å². The molecule has 2 aliphatic rings. The summed E-state index contributed by atoms with van der Waals surface area (Å²) < 4.78 is 1.93. The van der Waals surface area contributed by atoms with E-state index in [1.165, 1.54) is 30.4 Å². The van der Waals surface area contributed by atoms with Crippen LogP contribution < -0.4 is 10.2 Å². The first kappa shape index (κ1) is 21.0. The van der Waals surface area contributed by atoms with Crippen LogP contribution in [0, 0.1) is 19.8 Å². The van der Waals surface area contributed by atoms with E-state index in [1.807, 2.05) is 16.9 Å². The van der Waals surface area contributed by atoms with Gasteiger partial charge in [-0.2, -0.15) is 5.10 Å². The van der Waals surface area contributed by atoms with Crippen molar-refractivity contribution in [2.45, 2.75) is 64.8 Å². The molecule has 3 aromatic rings. The van der Waals surface area contributed by atoms with Crippen LogP contribution in [0.5, 0.6) is 0 Å². The fourth-order valence-electron chi connectivity index (χ4n) is 5.11. The monoisotopic (exact) mass is 431 g/mol. The normalized spacial score (nSPS) is 18.2. The molecule has 1 amide bonds. The maximum atomic E-state index is 12.8. The summed E-state index contributed by atoms with van der Waals surface area (Å²) in [4.78, 5) is 19.8. The predicted molar refractivity (Wildman–Crippen MR) is 128 cm³/mol. The Hall–Kier alpha value is -2.89. The van der Waals surface area contributed by atoms with Crippen LogP contribution in [0.1, 0.15) is 56.1 Å². The first-order valence-electron chi connectivity index (χ1n) is 12.1. The van der Waals surface area contributed by atoms with Gasteiger partial charge in [0.1, 0.15) is 5.52 Å². The molecule has 1 saturated heterocycles. The molecule has 6 nitrogen and oxygen atoms in total. The van der Waals surface area contributed by atoms with Crippen molar-refractivity contribution in [1.29, 1.82) is 0 Å². The highest BCUT2D eigenvalue weighted by atomic mass is 16.1. The lowest BCUT2D eigenvalue weighted by atomic mass is 9.92. The summed E-state index contributed by atoms with van der Waals surface area (Å²) in [6.07, 6.45) is 11.6. The Morgan fingerprint density at radius 2 is 1.78 bits per heavy atom. The summed E-state index contributed by atoms with van der Waals surface area (Å²) in [5.74, 6) is 1.33. The van der Waals surface area contributed by atoms with Gasteiger partial charge in [0.25, 0.3) is 0 Å². The van der Waals surface area contributed by atoms with E-state index in [4.69, 9.17) is 10.1 Å². The number of aryl methyl sites for hydroxylation is 2. The molecule has 2 aromatic heterocycles. The Morgan fingerprint density at radius 3 is 2.53 bits per heavy atom. The van der Waals surface area contributed by atoms with E-state index in [9.17, 15) is 4.79 Å². The molecule has 0 spiro atoms. The summed E-state index contributed by atoms with van der Waals surface area (Å²) >= 11 is 0. The molecule has 0 unspecified atom stereocenters. The molecule has 1 aliphatic carbocycles. The summed E-state index contributed by atoms with van der Waals surface area (Å²) in [6, 6.07) is 9.00. The van der Waals surface area contributed by atoms with Gasteiger partial charge in [-0.25, -0.2) is 9.50 Å². The standard InChI is InChI=1S/C26H33N5O/c1-18-8-9-21(16-19(18)2)23-17-24-25(27-12-15-31(24)29-23)30-13-10-20(11-14-30)26(32)28-22-6-4-3-5-7-22/h8-9,12,15-17,20,22H,3-7,10-11,13-14H2,1-2H3,(H,28,32). The first-order valence-corrected chi connectivity index (χ1v) is 12.1. The highest BCUT2D eigenvalue weighted by Gasteiger charge is 2.28. The molecule has 32 heavy (non-hydrogen) atoms. The molecule has 2 fully saturated rings. The van der Waals surface area contributed by atoms with Gasteiger partial charge < -0.3 is 10.2 Å². The van der Waals surface area contributed by atoms with Crippen molar-refractivity contribution in [3.63, 3.8) is 0 Å². The van der Waals surface area contributed by atoms with Crippen LogP contribution in [0.2, 0.25) is 0 Å². The van der Waals surface area contributed by atoms with Crippen molar-refractivity contribution < 1.29 is 4.79 Å². The van der Waals surface area contributed by atoms with Gasteiger partial charge in [0.05, 0.1) is 5.69 Å². The second-order valence-electron chi connectivity index (χ2n) is 9.51. The third-order valence-electron chi connectivity index (χ3n) is 7.29. The molecule has 0 bridgehead atoms. The molecule has 0 atom stereocenters. The zero-order chi connectivity index (χ0) is 22.1. The summed E-state index contributed by atoms with van der Waals surface area (Å²) in [6.45, 7) is 5.96. The van der Waals surface area contributed by atoms with Crippen LogP contribution in [0.3, 0.4) is 0 Å². The van der Waals surface area contributed by atoms with Gasteiger partial charge in [-0.1, -0.05) is 31.4 Å².